The van der Waals surface area contributed by atoms with Crippen LogP contribution in [0.5, 0.6) is 0 Å². The van der Waals surface area contributed by atoms with Crippen molar-refractivity contribution in [2.45, 2.75) is 6.92 Å². The predicted octanol–water partition coefficient (Wildman–Crippen LogP) is 1.51. The van der Waals surface area contributed by atoms with Gasteiger partial charge in [-0.15, -0.1) is 0 Å². The van der Waals surface area contributed by atoms with E-state index in [2.05, 4.69) is 16.9 Å². The van der Waals surface area contributed by atoms with Crippen LogP contribution in [0.4, 0.5) is 5.82 Å². The van der Waals surface area contributed by atoms with Gasteiger partial charge in [0.1, 0.15) is 5.82 Å². The molecule has 1 aromatic heterocycles. The van der Waals surface area contributed by atoms with Crippen LogP contribution in [0.3, 0.4) is 0 Å². The van der Waals surface area contributed by atoms with Gasteiger partial charge in [0.05, 0.1) is 0 Å². The molecule has 3 nitrogen and oxygen atoms in total. The van der Waals surface area contributed by atoms with Crippen molar-refractivity contribution in [2.24, 2.45) is 0 Å². The first kappa shape index (κ1) is 8.46. The van der Waals surface area contributed by atoms with Crippen molar-refractivity contribution in [3.63, 3.8) is 0 Å². The highest BCUT2D eigenvalue weighted by Crippen LogP contribution is 2.02. The van der Waals surface area contributed by atoms with Crippen LogP contribution < -0.4 is 5.32 Å². The molecule has 1 aromatic rings. The number of nitrogens with one attached hydrogen (secondary N) is 1. The van der Waals surface area contributed by atoms with E-state index in [1.165, 1.54) is 6.08 Å². The van der Waals surface area contributed by atoms with Gasteiger partial charge in [-0.05, 0) is 25.1 Å². The number of aryl methyl sites for hydroxylation is 1. The highest BCUT2D eigenvalue weighted by Gasteiger charge is 1.96. The standard InChI is InChI=1S/C9H10N2O/c1-3-9(12)11-8-6-4-5-7(2)10-8/h3-6H,1H2,2H3,(H,10,11,12). The van der Waals surface area contributed by atoms with Crippen LogP contribution in [0.2, 0.25) is 0 Å². The van der Waals surface area contributed by atoms with E-state index in [1.807, 2.05) is 19.1 Å². The lowest BCUT2D eigenvalue weighted by Crippen LogP contribution is -2.08. The van der Waals surface area contributed by atoms with Crippen molar-refractivity contribution in [1.29, 1.82) is 0 Å². The summed E-state index contributed by atoms with van der Waals surface area (Å²) in [6.07, 6.45) is 1.21. The highest BCUT2D eigenvalue weighted by molar-refractivity contribution is 5.98. The van der Waals surface area contributed by atoms with Crippen LogP contribution in [-0.2, 0) is 4.79 Å². The average Bonchev–Trinajstić information content (AvgIpc) is 2.04. The van der Waals surface area contributed by atoms with Crippen molar-refractivity contribution < 1.29 is 4.79 Å². The summed E-state index contributed by atoms with van der Waals surface area (Å²) in [6.45, 7) is 5.20. The Bertz CT molecular complexity index is 307. The van der Waals surface area contributed by atoms with Crippen molar-refractivity contribution in [2.75, 3.05) is 5.32 Å². The number of rotatable bonds is 2. The molecule has 0 saturated carbocycles. The molecule has 1 N–H and O–H groups in total. The molecule has 3 heteroatoms. The van der Waals surface area contributed by atoms with Gasteiger partial charge >= 0.3 is 0 Å². The minimum Gasteiger partial charge on any atom is -0.307 e. The zero-order valence-electron chi connectivity index (χ0n) is 6.87. The zero-order valence-corrected chi connectivity index (χ0v) is 6.87. The molecule has 0 aliphatic carbocycles. The van der Waals surface area contributed by atoms with Crippen LogP contribution in [0.25, 0.3) is 0 Å². The third kappa shape index (κ3) is 2.20. The molecule has 0 atom stereocenters. The van der Waals surface area contributed by atoms with E-state index < -0.39 is 0 Å². The fourth-order valence-corrected chi connectivity index (χ4v) is 0.790. The number of hydrogen-bond donors (Lipinski definition) is 1. The second-order valence-electron chi connectivity index (χ2n) is 2.36. The first-order valence-electron chi connectivity index (χ1n) is 3.59. The maximum atomic E-state index is 10.8. The molecule has 0 saturated heterocycles. The van der Waals surface area contributed by atoms with Gasteiger partial charge in [-0.25, -0.2) is 4.98 Å². The summed E-state index contributed by atoms with van der Waals surface area (Å²) in [6, 6.07) is 5.43. The Kier molecular flexibility index (Phi) is 2.58. The number of nitrogens with zero attached hydrogens (tertiary/aromatic N) is 1. The summed E-state index contributed by atoms with van der Waals surface area (Å²) < 4.78 is 0. The van der Waals surface area contributed by atoms with E-state index >= 15 is 0 Å². The largest absolute Gasteiger partial charge is 0.307 e. The van der Waals surface area contributed by atoms with Crippen molar-refractivity contribution >= 4 is 11.7 Å². The number of pyridine rings is 1. The van der Waals surface area contributed by atoms with Crippen molar-refractivity contribution in [3.8, 4) is 0 Å². The van der Waals surface area contributed by atoms with Crippen LogP contribution in [0.15, 0.2) is 30.9 Å². The van der Waals surface area contributed by atoms with Gasteiger partial charge in [-0.2, -0.15) is 0 Å². The van der Waals surface area contributed by atoms with Gasteiger partial charge < -0.3 is 5.32 Å². The molecular weight excluding hydrogens is 152 g/mol. The Hall–Kier alpha value is -1.64. The third-order valence-electron chi connectivity index (χ3n) is 1.32. The fourth-order valence-electron chi connectivity index (χ4n) is 0.790. The SMILES string of the molecule is C=CC(=O)Nc1cccc(C)n1. The molecule has 0 aromatic carbocycles. The lowest BCUT2D eigenvalue weighted by molar-refractivity contribution is -0.111. The van der Waals surface area contributed by atoms with Gasteiger partial charge in [0.15, 0.2) is 0 Å². The number of amides is 1. The third-order valence-corrected chi connectivity index (χ3v) is 1.32. The van der Waals surface area contributed by atoms with E-state index in [0.29, 0.717) is 5.82 Å². The molecule has 0 aliphatic heterocycles. The average molecular weight is 162 g/mol. The Morgan fingerprint density at radius 1 is 1.67 bits per heavy atom. The number of anilines is 1. The van der Waals surface area contributed by atoms with Crippen molar-refractivity contribution in [1.82, 2.24) is 4.98 Å². The lowest BCUT2D eigenvalue weighted by Gasteiger charge is -2.00. The number of carbonyl (C=O) groups is 1. The molecule has 0 bridgehead atoms. The van der Waals surface area contributed by atoms with Crippen LogP contribution >= 0.6 is 0 Å². The van der Waals surface area contributed by atoms with Gasteiger partial charge in [-0.3, -0.25) is 4.79 Å². The summed E-state index contributed by atoms with van der Waals surface area (Å²) in [5, 5.41) is 2.56. The first-order valence-corrected chi connectivity index (χ1v) is 3.59. The molecule has 0 aliphatic rings. The van der Waals surface area contributed by atoms with Gasteiger partial charge in [-0.1, -0.05) is 12.6 Å². The van der Waals surface area contributed by atoms with Crippen LogP contribution in [0.1, 0.15) is 5.69 Å². The number of carbonyl (C=O) groups excluding carboxylic acids is 1. The second-order valence-corrected chi connectivity index (χ2v) is 2.36. The molecule has 0 fully saturated rings. The first-order chi connectivity index (χ1) is 5.72. The number of aromatic nitrogens is 1. The van der Waals surface area contributed by atoms with E-state index in [1.54, 1.807) is 6.07 Å². The summed E-state index contributed by atoms with van der Waals surface area (Å²) in [5.74, 6) is 0.313. The monoisotopic (exact) mass is 162 g/mol. The Morgan fingerprint density at radius 3 is 3.00 bits per heavy atom. The molecule has 1 amide bonds. The van der Waals surface area contributed by atoms with Gasteiger partial charge in [0, 0.05) is 5.69 Å². The van der Waals surface area contributed by atoms with E-state index in [4.69, 9.17) is 0 Å². The maximum Gasteiger partial charge on any atom is 0.248 e. The minimum absolute atomic E-state index is 0.242. The number of hydrogen-bond acceptors (Lipinski definition) is 2. The maximum absolute atomic E-state index is 10.8. The quantitative estimate of drug-likeness (QED) is 0.670. The van der Waals surface area contributed by atoms with Crippen LogP contribution in [-0.4, -0.2) is 10.9 Å². The van der Waals surface area contributed by atoms with Crippen molar-refractivity contribution in [3.05, 3.63) is 36.5 Å². The molecule has 12 heavy (non-hydrogen) atoms. The van der Waals surface area contributed by atoms with E-state index in [-0.39, 0.29) is 5.91 Å². The molecule has 62 valence electrons. The summed E-state index contributed by atoms with van der Waals surface area (Å²) >= 11 is 0. The fraction of sp³-hybridized carbons (Fsp3) is 0.111. The highest BCUT2D eigenvalue weighted by atomic mass is 16.1. The zero-order chi connectivity index (χ0) is 8.97. The summed E-state index contributed by atoms with van der Waals surface area (Å²) in [4.78, 5) is 14.9. The van der Waals surface area contributed by atoms with E-state index in [0.717, 1.165) is 5.69 Å². The summed E-state index contributed by atoms with van der Waals surface area (Å²) in [7, 11) is 0. The predicted molar refractivity (Wildman–Crippen MR) is 47.8 cm³/mol. The van der Waals surface area contributed by atoms with Gasteiger partial charge in [0.2, 0.25) is 5.91 Å². The Balaban J connectivity index is 2.76. The smallest absolute Gasteiger partial charge is 0.248 e. The second kappa shape index (κ2) is 3.67. The Morgan fingerprint density at radius 2 is 2.42 bits per heavy atom. The molecule has 0 unspecified atom stereocenters. The van der Waals surface area contributed by atoms with Gasteiger partial charge in [0.25, 0.3) is 0 Å². The molecule has 0 radical (unpaired) electrons. The molecule has 1 heterocycles. The molecule has 0 spiro atoms. The lowest BCUT2D eigenvalue weighted by atomic mass is 10.4. The Labute approximate surface area is 71.1 Å². The molecular formula is C9H10N2O. The topological polar surface area (TPSA) is 42.0 Å². The summed E-state index contributed by atoms with van der Waals surface area (Å²) in [5.41, 5.74) is 0.872. The molecule has 1 rings (SSSR count). The normalized spacial score (nSPS) is 9.08. The van der Waals surface area contributed by atoms with Crippen LogP contribution in [0, 0.1) is 6.92 Å². The van der Waals surface area contributed by atoms with E-state index in [9.17, 15) is 4.79 Å². The minimum atomic E-state index is -0.242.